The third kappa shape index (κ3) is 3.96. The third-order valence-corrected chi connectivity index (χ3v) is 2.90. The van der Waals surface area contributed by atoms with Gasteiger partial charge in [-0.1, -0.05) is 29.8 Å². The van der Waals surface area contributed by atoms with Crippen LogP contribution in [0.4, 0.5) is 4.39 Å². The van der Waals surface area contributed by atoms with Crippen molar-refractivity contribution in [3.8, 4) is 5.75 Å². The lowest BCUT2D eigenvalue weighted by Crippen LogP contribution is -2.29. The van der Waals surface area contributed by atoms with Crippen LogP contribution in [-0.2, 0) is 11.2 Å². The van der Waals surface area contributed by atoms with Crippen molar-refractivity contribution in [3.05, 3.63) is 64.9 Å². The van der Waals surface area contributed by atoms with Crippen molar-refractivity contribution in [1.82, 2.24) is 0 Å². The fourth-order valence-electron chi connectivity index (χ4n) is 1.76. The normalized spacial score (nSPS) is 11.9. The predicted molar refractivity (Wildman–Crippen MR) is 73.6 cm³/mol. The van der Waals surface area contributed by atoms with Crippen LogP contribution < -0.4 is 4.74 Å². The lowest BCUT2D eigenvalue weighted by atomic mass is 10.1. The van der Waals surface area contributed by atoms with Gasteiger partial charge in [-0.2, -0.15) is 0 Å². The van der Waals surface area contributed by atoms with E-state index in [-0.39, 0.29) is 6.42 Å². The van der Waals surface area contributed by atoms with Crippen LogP contribution in [0.15, 0.2) is 48.5 Å². The first-order chi connectivity index (χ1) is 9.54. The summed E-state index contributed by atoms with van der Waals surface area (Å²) in [7, 11) is 0. The molecule has 0 aromatic heterocycles. The molecule has 0 saturated carbocycles. The first-order valence-corrected chi connectivity index (χ1v) is 6.32. The van der Waals surface area contributed by atoms with Crippen molar-refractivity contribution in [1.29, 1.82) is 0 Å². The van der Waals surface area contributed by atoms with Crippen molar-refractivity contribution < 1.29 is 19.0 Å². The van der Waals surface area contributed by atoms with Gasteiger partial charge in [-0.05, 0) is 35.9 Å². The van der Waals surface area contributed by atoms with Crippen LogP contribution >= 0.6 is 11.6 Å². The number of benzene rings is 2. The van der Waals surface area contributed by atoms with Gasteiger partial charge in [-0.15, -0.1) is 0 Å². The number of hydrogen-bond acceptors (Lipinski definition) is 2. The zero-order valence-corrected chi connectivity index (χ0v) is 11.2. The van der Waals surface area contributed by atoms with Crippen molar-refractivity contribution >= 4 is 17.6 Å². The second-order valence-electron chi connectivity index (χ2n) is 4.24. The average molecular weight is 295 g/mol. The minimum absolute atomic E-state index is 0.0691. The van der Waals surface area contributed by atoms with E-state index in [1.165, 1.54) is 24.3 Å². The molecule has 0 amide bonds. The summed E-state index contributed by atoms with van der Waals surface area (Å²) in [4.78, 5) is 11.2. The van der Waals surface area contributed by atoms with Crippen LogP contribution in [0.3, 0.4) is 0 Å². The number of carboxylic acid groups (broad SMARTS) is 1. The van der Waals surface area contributed by atoms with E-state index in [9.17, 15) is 14.3 Å². The predicted octanol–water partition coefficient (Wildman–Crippen LogP) is 3.55. The van der Waals surface area contributed by atoms with Crippen LogP contribution in [-0.4, -0.2) is 17.2 Å². The summed E-state index contributed by atoms with van der Waals surface area (Å²) in [6.07, 6.45) is -1.03. The maximum absolute atomic E-state index is 13.1. The van der Waals surface area contributed by atoms with Crippen LogP contribution in [0.1, 0.15) is 5.56 Å². The molecule has 3 nitrogen and oxygen atoms in total. The maximum Gasteiger partial charge on any atom is 0.345 e. The molecule has 0 aliphatic heterocycles. The van der Waals surface area contributed by atoms with Crippen LogP contribution in [0.25, 0.3) is 0 Å². The Bertz CT molecular complexity index is 568. The molecular weight excluding hydrogens is 283 g/mol. The molecule has 0 radical (unpaired) electrons. The fourth-order valence-corrected chi connectivity index (χ4v) is 1.94. The zero-order chi connectivity index (χ0) is 14.5. The highest BCUT2D eigenvalue weighted by Gasteiger charge is 2.20. The molecule has 2 aromatic carbocycles. The van der Waals surface area contributed by atoms with Gasteiger partial charge in [0, 0.05) is 11.4 Å². The second kappa shape index (κ2) is 6.39. The molecule has 0 saturated heterocycles. The molecule has 2 aromatic rings. The number of carboxylic acids is 1. The van der Waals surface area contributed by atoms with E-state index in [2.05, 4.69) is 0 Å². The van der Waals surface area contributed by atoms with Crippen molar-refractivity contribution in [2.24, 2.45) is 0 Å². The molecule has 0 fully saturated rings. The highest BCUT2D eigenvalue weighted by Crippen LogP contribution is 2.19. The summed E-state index contributed by atoms with van der Waals surface area (Å²) in [5.74, 6) is -1.16. The van der Waals surface area contributed by atoms with Gasteiger partial charge in [-0.3, -0.25) is 0 Å². The molecule has 1 unspecified atom stereocenters. The standard InChI is InChI=1S/C15H12ClFO3/c16-11-4-2-6-13(9-11)20-14(15(18)19)8-10-3-1-5-12(17)7-10/h1-7,9,14H,8H2,(H,18,19). The van der Waals surface area contributed by atoms with Crippen LogP contribution in [0, 0.1) is 5.82 Å². The molecule has 5 heteroatoms. The Hall–Kier alpha value is -2.07. The first-order valence-electron chi connectivity index (χ1n) is 5.94. The minimum Gasteiger partial charge on any atom is -0.478 e. The molecule has 1 N–H and O–H groups in total. The van der Waals surface area contributed by atoms with E-state index in [0.717, 1.165) is 0 Å². The van der Waals surface area contributed by atoms with Gasteiger partial charge < -0.3 is 9.84 Å². The van der Waals surface area contributed by atoms with Gasteiger partial charge in [0.25, 0.3) is 0 Å². The van der Waals surface area contributed by atoms with E-state index >= 15 is 0 Å². The molecule has 0 aliphatic rings. The van der Waals surface area contributed by atoms with E-state index in [1.54, 1.807) is 24.3 Å². The quantitative estimate of drug-likeness (QED) is 0.917. The molecule has 1 atom stereocenters. The van der Waals surface area contributed by atoms with Crippen LogP contribution in [0.5, 0.6) is 5.75 Å². The monoisotopic (exact) mass is 294 g/mol. The summed E-state index contributed by atoms with van der Waals surface area (Å²) in [5, 5.41) is 9.64. The van der Waals surface area contributed by atoms with Gasteiger partial charge >= 0.3 is 5.97 Å². The Morgan fingerprint density at radius 1 is 1.25 bits per heavy atom. The molecular formula is C15H12ClFO3. The molecule has 0 aliphatic carbocycles. The summed E-state index contributed by atoms with van der Waals surface area (Å²) in [6.45, 7) is 0. The molecule has 20 heavy (non-hydrogen) atoms. The highest BCUT2D eigenvalue weighted by molar-refractivity contribution is 6.30. The van der Waals surface area contributed by atoms with Gasteiger partial charge in [0.05, 0.1) is 0 Å². The Morgan fingerprint density at radius 3 is 2.65 bits per heavy atom. The molecule has 0 heterocycles. The zero-order valence-electron chi connectivity index (χ0n) is 10.4. The highest BCUT2D eigenvalue weighted by atomic mass is 35.5. The SMILES string of the molecule is O=C(O)C(Cc1cccc(F)c1)Oc1cccc(Cl)c1. The minimum atomic E-state index is -1.12. The maximum atomic E-state index is 13.1. The van der Waals surface area contributed by atoms with E-state index < -0.39 is 17.9 Å². The Labute approximate surface area is 120 Å². The summed E-state index contributed by atoms with van der Waals surface area (Å²) < 4.78 is 18.5. The molecule has 0 bridgehead atoms. The Balaban J connectivity index is 2.13. The number of rotatable bonds is 5. The smallest absolute Gasteiger partial charge is 0.345 e. The van der Waals surface area contributed by atoms with E-state index in [0.29, 0.717) is 16.3 Å². The summed E-state index contributed by atoms with van der Waals surface area (Å²) >= 11 is 5.81. The fraction of sp³-hybridized carbons (Fsp3) is 0.133. The summed E-state index contributed by atoms with van der Waals surface area (Å²) in [6, 6.07) is 12.3. The van der Waals surface area contributed by atoms with Crippen molar-refractivity contribution in [2.75, 3.05) is 0 Å². The van der Waals surface area contributed by atoms with Gasteiger partial charge in [0.15, 0.2) is 6.10 Å². The first kappa shape index (κ1) is 14.3. The Morgan fingerprint density at radius 2 is 2.00 bits per heavy atom. The van der Waals surface area contributed by atoms with Gasteiger partial charge in [0.1, 0.15) is 11.6 Å². The van der Waals surface area contributed by atoms with Gasteiger partial charge in [-0.25, -0.2) is 9.18 Å². The largest absolute Gasteiger partial charge is 0.478 e. The number of carbonyl (C=O) groups is 1. The summed E-state index contributed by atoms with van der Waals surface area (Å²) in [5.41, 5.74) is 0.555. The third-order valence-electron chi connectivity index (χ3n) is 2.66. The lowest BCUT2D eigenvalue weighted by molar-refractivity contribution is -0.145. The number of ether oxygens (including phenoxy) is 1. The van der Waals surface area contributed by atoms with Crippen LogP contribution in [0.2, 0.25) is 5.02 Å². The number of halogens is 2. The Kier molecular flexibility index (Phi) is 4.58. The topological polar surface area (TPSA) is 46.5 Å². The van der Waals surface area contributed by atoms with Crippen molar-refractivity contribution in [2.45, 2.75) is 12.5 Å². The van der Waals surface area contributed by atoms with Crippen molar-refractivity contribution in [3.63, 3.8) is 0 Å². The second-order valence-corrected chi connectivity index (χ2v) is 4.67. The lowest BCUT2D eigenvalue weighted by Gasteiger charge is -2.15. The van der Waals surface area contributed by atoms with Gasteiger partial charge in [0.2, 0.25) is 0 Å². The number of hydrogen-bond donors (Lipinski definition) is 1. The number of aliphatic carboxylic acids is 1. The molecule has 104 valence electrons. The average Bonchev–Trinajstić information content (AvgIpc) is 2.38. The molecule has 0 spiro atoms. The van der Waals surface area contributed by atoms with E-state index in [1.807, 2.05) is 0 Å². The van der Waals surface area contributed by atoms with E-state index in [4.69, 9.17) is 16.3 Å². The molecule has 2 rings (SSSR count).